The molecule has 1 fully saturated rings. The van der Waals surface area contributed by atoms with Crippen LogP contribution in [0.15, 0.2) is 18.2 Å². The second-order valence-electron chi connectivity index (χ2n) is 5.98. The summed E-state index contributed by atoms with van der Waals surface area (Å²) >= 11 is 11.9. The molecule has 0 atom stereocenters. The molecule has 0 spiro atoms. The third-order valence-corrected chi connectivity index (χ3v) is 5.04. The normalized spacial score (nSPS) is 15.3. The summed E-state index contributed by atoms with van der Waals surface area (Å²) in [7, 11) is 1.99. The van der Waals surface area contributed by atoms with Gasteiger partial charge in [-0.2, -0.15) is 0 Å². The summed E-state index contributed by atoms with van der Waals surface area (Å²) in [6, 6.07) is 5.67. The zero-order valence-corrected chi connectivity index (χ0v) is 15.8. The van der Waals surface area contributed by atoms with Crippen molar-refractivity contribution in [2.75, 3.05) is 26.7 Å². The number of aryl methyl sites for hydroxylation is 1. The molecule has 2 rings (SSSR count). The van der Waals surface area contributed by atoms with Crippen molar-refractivity contribution in [3.05, 3.63) is 33.8 Å². The number of nitrogens with one attached hydrogen (secondary N) is 1. The highest BCUT2D eigenvalue weighted by atomic mass is 35.5. The molecule has 1 heterocycles. The molecule has 130 valence electrons. The van der Waals surface area contributed by atoms with E-state index in [0.717, 1.165) is 50.9 Å². The van der Waals surface area contributed by atoms with Crippen molar-refractivity contribution in [2.24, 2.45) is 5.92 Å². The lowest BCUT2D eigenvalue weighted by Crippen LogP contribution is -2.40. The van der Waals surface area contributed by atoms with Gasteiger partial charge in [-0.1, -0.05) is 29.3 Å². The number of benzene rings is 1. The molecule has 3 nitrogen and oxygen atoms in total. The van der Waals surface area contributed by atoms with Crippen molar-refractivity contribution in [1.82, 2.24) is 10.2 Å². The number of halogens is 3. The second-order valence-corrected chi connectivity index (χ2v) is 6.80. The van der Waals surface area contributed by atoms with Crippen LogP contribution in [0.3, 0.4) is 0 Å². The van der Waals surface area contributed by atoms with Crippen molar-refractivity contribution in [1.29, 1.82) is 0 Å². The van der Waals surface area contributed by atoms with Crippen LogP contribution in [0.5, 0.6) is 0 Å². The Kier molecular flexibility index (Phi) is 9.30. The van der Waals surface area contributed by atoms with E-state index < -0.39 is 0 Å². The molecule has 1 saturated heterocycles. The van der Waals surface area contributed by atoms with Crippen LogP contribution >= 0.6 is 35.6 Å². The minimum absolute atomic E-state index is 0. The van der Waals surface area contributed by atoms with Gasteiger partial charge in [-0.25, -0.2) is 0 Å². The van der Waals surface area contributed by atoms with Crippen molar-refractivity contribution in [3.8, 4) is 0 Å². The maximum atomic E-state index is 12.2. The fraction of sp³-hybridized carbons (Fsp3) is 0.588. The first-order chi connectivity index (χ1) is 10.6. The van der Waals surface area contributed by atoms with Crippen LogP contribution in [0.1, 0.15) is 31.2 Å². The van der Waals surface area contributed by atoms with Crippen LogP contribution in [-0.2, 0) is 11.2 Å². The Balaban J connectivity index is 0.00000264. The summed E-state index contributed by atoms with van der Waals surface area (Å²) in [6.07, 6.45) is 4.54. The van der Waals surface area contributed by atoms with E-state index in [1.165, 1.54) is 0 Å². The fourth-order valence-corrected chi connectivity index (χ4v) is 3.29. The van der Waals surface area contributed by atoms with Crippen molar-refractivity contribution < 1.29 is 4.79 Å². The maximum Gasteiger partial charge on any atom is 0.222 e. The van der Waals surface area contributed by atoms with Crippen LogP contribution < -0.4 is 5.32 Å². The lowest BCUT2D eigenvalue weighted by molar-refractivity contribution is -0.132. The lowest BCUT2D eigenvalue weighted by Gasteiger charge is -2.32. The Bertz CT molecular complexity index is 503. The molecule has 6 heteroatoms. The summed E-state index contributed by atoms with van der Waals surface area (Å²) in [5, 5.41) is 4.37. The molecule has 1 N–H and O–H groups in total. The molecule has 0 aliphatic carbocycles. The molecule has 1 aromatic carbocycles. The van der Waals surface area contributed by atoms with Gasteiger partial charge < -0.3 is 10.2 Å². The van der Waals surface area contributed by atoms with Gasteiger partial charge in [0, 0.05) is 19.5 Å². The van der Waals surface area contributed by atoms with Gasteiger partial charge >= 0.3 is 0 Å². The summed E-state index contributed by atoms with van der Waals surface area (Å²) in [5.74, 6) is 0.994. The van der Waals surface area contributed by atoms with Gasteiger partial charge in [0.15, 0.2) is 0 Å². The van der Waals surface area contributed by atoms with Crippen LogP contribution in [-0.4, -0.2) is 37.5 Å². The maximum absolute atomic E-state index is 12.2. The van der Waals surface area contributed by atoms with Gasteiger partial charge in [0.05, 0.1) is 10.0 Å². The molecule has 1 aliphatic rings. The average Bonchev–Trinajstić information content (AvgIpc) is 2.52. The highest BCUT2D eigenvalue weighted by molar-refractivity contribution is 6.42. The van der Waals surface area contributed by atoms with Crippen LogP contribution in [0, 0.1) is 5.92 Å². The van der Waals surface area contributed by atoms with Crippen LogP contribution in [0.4, 0.5) is 0 Å². The predicted octanol–water partition coefficient (Wildman–Crippen LogP) is 4.20. The summed E-state index contributed by atoms with van der Waals surface area (Å²) < 4.78 is 0. The number of carbonyl (C=O) groups is 1. The van der Waals surface area contributed by atoms with Crippen molar-refractivity contribution >= 4 is 41.5 Å². The molecule has 0 radical (unpaired) electrons. The first kappa shape index (κ1) is 20.6. The molecule has 1 aliphatic heterocycles. The molecule has 1 amide bonds. The highest BCUT2D eigenvalue weighted by Gasteiger charge is 2.21. The Labute approximate surface area is 155 Å². The Morgan fingerprint density at radius 3 is 2.57 bits per heavy atom. The third-order valence-electron chi connectivity index (χ3n) is 4.30. The second kappa shape index (κ2) is 10.4. The monoisotopic (exact) mass is 378 g/mol. The molecule has 0 saturated carbocycles. The first-order valence-electron chi connectivity index (χ1n) is 7.96. The number of carbonyl (C=O) groups excluding carboxylic acids is 1. The number of hydrogen-bond acceptors (Lipinski definition) is 2. The first-order valence-corrected chi connectivity index (χ1v) is 8.72. The van der Waals surface area contributed by atoms with Gasteiger partial charge in [-0.15, -0.1) is 12.4 Å². The van der Waals surface area contributed by atoms with Gasteiger partial charge in [-0.3, -0.25) is 4.79 Å². The van der Waals surface area contributed by atoms with E-state index in [1.54, 1.807) is 0 Å². The van der Waals surface area contributed by atoms with E-state index in [9.17, 15) is 4.79 Å². The summed E-state index contributed by atoms with van der Waals surface area (Å²) in [5.41, 5.74) is 1.13. The average molecular weight is 380 g/mol. The van der Waals surface area contributed by atoms with Gasteiger partial charge in [0.2, 0.25) is 5.91 Å². The van der Waals surface area contributed by atoms with E-state index in [0.29, 0.717) is 22.4 Å². The zero-order chi connectivity index (χ0) is 15.9. The standard InChI is InChI=1S/C17H24Cl2N2O.ClH/c1-20-12-14-7-9-21(10-8-14)17(22)4-2-3-13-5-6-15(18)16(19)11-13;/h5-6,11,14,20H,2-4,7-10,12H2,1H3;1H. The Morgan fingerprint density at radius 2 is 1.96 bits per heavy atom. The van der Waals surface area contributed by atoms with E-state index in [2.05, 4.69) is 5.32 Å². The van der Waals surface area contributed by atoms with Crippen molar-refractivity contribution in [2.45, 2.75) is 32.1 Å². The summed E-state index contributed by atoms with van der Waals surface area (Å²) in [4.78, 5) is 14.3. The lowest BCUT2D eigenvalue weighted by atomic mass is 9.96. The van der Waals surface area contributed by atoms with E-state index in [1.807, 2.05) is 30.1 Å². The Morgan fingerprint density at radius 1 is 1.26 bits per heavy atom. The predicted molar refractivity (Wildman–Crippen MR) is 99.9 cm³/mol. The molecule has 1 aromatic rings. The Hall–Kier alpha value is -0.480. The SMILES string of the molecule is CNCC1CCN(C(=O)CCCc2ccc(Cl)c(Cl)c2)CC1.Cl. The van der Waals surface area contributed by atoms with Crippen LogP contribution in [0.25, 0.3) is 0 Å². The minimum atomic E-state index is 0. The molecule has 0 aromatic heterocycles. The van der Waals surface area contributed by atoms with Gasteiger partial charge in [0.1, 0.15) is 0 Å². The number of likely N-dealkylation sites (tertiary alicyclic amines) is 1. The summed E-state index contributed by atoms with van der Waals surface area (Å²) in [6.45, 7) is 2.86. The fourth-order valence-electron chi connectivity index (χ4n) is 2.97. The number of amides is 1. The zero-order valence-electron chi connectivity index (χ0n) is 13.5. The highest BCUT2D eigenvalue weighted by Crippen LogP contribution is 2.23. The van der Waals surface area contributed by atoms with E-state index in [4.69, 9.17) is 23.2 Å². The topological polar surface area (TPSA) is 32.3 Å². The molecular formula is C17H25Cl3N2O. The van der Waals surface area contributed by atoms with Gasteiger partial charge in [0.25, 0.3) is 0 Å². The number of nitrogens with zero attached hydrogens (tertiary/aromatic N) is 1. The molecule has 0 unspecified atom stereocenters. The van der Waals surface area contributed by atoms with Crippen molar-refractivity contribution in [3.63, 3.8) is 0 Å². The molecule has 0 bridgehead atoms. The van der Waals surface area contributed by atoms with Gasteiger partial charge in [-0.05, 0) is 62.9 Å². The molecular weight excluding hydrogens is 355 g/mol. The minimum Gasteiger partial charge on any atom is -0.343 e. The van der Waals surface area contributed by atoms with E-state index >= 15 is 0 Å². The number of rotatable bonds is 6. The third kappa shape index (κ3) is 6.50. The van der Waals surface area contributed by atoms with Crippen LogP contribution in [0.2, 0.25) is 10.0 Å². The molecule has 23 heavy (non-hydrogen) atoms. The number of hydrogen-bond donors (Lipinski definition) is 1. The van der Waals surface area contributed by atoms with E-state index in [-0.39, 0.29) is 18.3 Å². The smallest absolute Gasteiger partial charge is 0.222 e. The quantitative estimate of drug-likeness (QED) is 0.803. The number of piperidine rings is 1. The largest absolute Gasteiger partial charge is 0.343 e.